The normalized spacial score (nSPS) is 21.6. The number of nitrogens with zero attached hydrogens (tertiary/aromatic N) is 2. The van der Waals surface area contributed by atoms with Crippen LogP contribution in [0.3, 0.4) is 0 Å². The van der Waals surface area contributed by atoms with Crippen LogP contribution < -0.4 is 4.90 Å². The third-order valence-corrected chi connectivity index (χ3v) is 5.66. The van der Waals surface area contributed by atoms with Gasteiger partial charge < -0.3 is 10.0 Å². The summed E-state index contributed by atoms with van der Waals surface area (Å²) in [7, 11) is 0. The number of para-hydroxylation sites is 1. The molecular weight excluding hydrogens is 280 g/mol. The summed E-state index contributed by atoms with van der Waals surface area (Å²) < 4.78 is 0. The maximum atomic E-state index is 10.1. The smallest absolute Gasteiger partial charge is 0.190 e. The quantitative estimate of drug-likeness (QED) is 0.865. The van der Waals surface area contributed by atoms with Gasteiger partial charge in [0.15, 0.2) is 5.13 Å². The van der Waals surface area contributed by atoms with Crippen molar-refractivity contribution in [1.29, 1.82) is 0 Å². The first kappa shape index (κ1) is 13.3. The molecule has 0 amide bonds. The number of benzene rings is 1. The van der Waals surface area contributed by atoms with E-state index in [1.54, 1.807) is 11.3 Å². The van der Waals surface area contributed by atoms with Crippen molar-refractivity contribution in [3.05, 3.63) is 40.4 Å². The first-order chi connectivity index (χ1) is 10.3. The van der Waals surface area contributed by atoms with E-state index in [0.29, 0.717) is 0 Å². The monoisotopic (exact) mass is 300 g/mol. The number of aryl methyl sites for hydroxylation is 2. The molecule has 2 heterocycles. The molecule has 0 saturated carbocycles. The molecular formula is C17H20N2OS. The Balaban J connectivity index is 1.76. The minimum Gasteiger partial charge on any atom is -0.387 e. The molecule has 0 fully saturated rings. The fourth-order valence-corrected chi connectivity index (χ4v) is 4.59. The summed E-state index contributed by atoms with van der Waals surface area (Å²) in [4.78, 5) is 8.43. The van der Waals surface area contributed by atoms with E-state index in [1.165, 1.54) is 29.0 Å². The molecule has 1 aromatic carbocycles. The Bertz CT molecular complexity index is 652. The van der Waals surface area contributed by atoms with Crippen LogP contribution in [0.15, 0.2) is 24.3 Å². The standard InChI is InChI=1S/C17H20N2OS/c20-14-9-5-10-15-16(14)18-17(21-15)19-11-4-3-7-12-6-1-2-8-13(12)19/h1-2,6,8,14,20H,3-5,7,9-11H2. The van der Waals surface area contributed by atoms with Crippen molar-refractivity contribution in [1.82, 2.24) is 4.98 Å². The van der Waals surface area contributed by atoms with Gasteiger partial charge in [-0.1, -0.05) is 18.2 Å². The Morgan fingerprint density at radius 3 is 2.95 bits per heavy atom. The Labute approximate surface area is 129 Å². The summed E-state index contributed by atoms with van der Waals surface area (Å²) in [6.45, 7) is 1.03. The molecule has 3 nitrogen and oxygen atoms in total. The van der Waals surface area contributed by atoms with E-state index in [2.05, 4.69) is 29.2 Å². The molecule has 21 heavy (non-hydrogen) atoms. The predicted octanol–water partition coefficient (Wildman–Crippen LogP) is 3.99. The van der Waals surface area contributed by atoms with Crippen LogP contribution in [0.1, 0.15) is 47.9 Å². The van der Waals surface area contributed by atoms with Gasteiger partial charge in [-0.2, -0.15) is 0 Å². The molecule has 4 heteroatoms. The zero-order valence-electron chi connectivity index (χ0n) is 12.1. The summed E-state index contributed by atoms with van der Waals surface area (Å²) in [5.41, 5.74) is 3.65. The third-order valence-electron chi connectivity index (χ3n) is 4.50. The second-order valence-electron chi connectivity index (χ2n) is 5.95. The van der Waals surface area contributed by atoms with Crippen LogP contribution in [0.2, 0.25) is 0 Å². The summed E-state index contributed by atoms with van der Waals surface area (Å²) in [6.07, 6.45) is 6.22. The Hall–Kier alpha value is -1.39. The van der Waals surface area contributed by atoms with Crippen molar-refractivity contribution >= 4 is 22.2 Å². The molecule has 0 radical (unpaired) electrons. The highest BCUT2D eigenvalue weighted by Crippen LogP contribution is 2.40. The van der Waals surface area contributed by atoms with Gasteiger partial charge in [0.1, 0.15) is 0 Å². The second-order valence-corrected chi connectivity index (χ2v) is 7.01. The molecule has 0 bridgehead atoms. The lowest BCUT2D eigenvalue weighted by Crippen LogP contribution is -2.17. The summed E-state index contributed by atoms with van der Waals surface area (Å²) in [5, 5.41) is 11.2. The molecule has 0 saturated heterocycles. The third kappa shape index (κ3) is 2.36. The number of aromatic nitrogens is 1. The van der Waals surface area contributed by atoms with Gasteiger partial charge in [0, 0.05) is 17.1 Å². The van der Waals surface area contributed by atoms with Crippen LogP contribution in [0.5, 0.6) is 0 Å². The highest BCUT2D eigenvalue weighted by atomic mass is 32.1. The number of thiazole rings is 1. The van der Waals surface area contributed by atoms with Crippen molar-refractivity contribution in [3.63, 3.8) is 0 Å². The van der Waals surface area contributed by atoms with Crippen LogP contribution in [0, 0.1) is 0 Å². The number of aliphatic hydroxyl groups excluding tert-OH is 1. The van der Waals surface area contributed by atoms with Crippen molar-refractivity contribution in [2.24, 2.45) is 0 Å². The van der Waals surface area contributed by atoms with Gasteiger partial charge >= 0.3 is 0 Å². The van der Waals surface area contributed by atoms with E-state index in [0.717, 1.165) is 43.1 Å². The summed E-state index contributed by atoms with van der Waals surface area (Å²) >= 11 is 1.77. The summed E-state index contributed by atoms with van der Waals surface area (Å²) in [5.74, 6) is 0. The highest BCUT2D eigenvalue weighted by molar-refractivity contribution is 7.15. The van der Waals surface area contributed by atoms with Gasteiger partial charge in [0.05, 0.1) is 11.8 Å². The molecule has 1 N–H and O–H groups in total. The largest absolute Gasteiger partial charge is 0.387 e. The SMILES string of the molecule is OC1CCCc2sc(N3CCCCc4ccccc43)nc21. The van der Waals surface area contributed by atoms with Crippen LogP contribution in [0.25, 0.3) is 0 Å². The Kier molecular flexibility index (Phi) is 3.43. The van der Waals surface area contributed by atoms with E-state index in [9.17, 15) is 5.11 Å². The Morgan fingerprint density at radius 1 is 1.14 bits per heavy atom. The molecule has 110 valence electrons. The molecule has 1 aliphatic carbocycles. The van der Waals surface area contributed by atoms with Crippen molar-refractivity contribution < 1.29 is 5.11 Å². The minimum atomic E-state index is -0.360. The fourth-order valence-electron chi connectivity index (χ4n) is 3.39. The van der Waals surface area contributed by atoms with Gasteiger partial charge in [0.25, 0.3) is 0 Å². The van der Waals surface area contributed by atoms with E-state index in [1.807, 2.05) is 0 Å². The predicted molar refractivity (Wildman–Crippen MR) is 86.4 cm³/mol. The number of rotatable bonds is 1. The van der Waals surface area contributed by atoms with E-state index in [-0.39, 0.29) is 6.10 Å². The topological polar surface area (TPSA) is 36.4 Å². The van der Waals surface area contributed by atoms with Crippen LogP contribution in [-0.4, -0.2) is 16.6 Å². The molecule has 0 spiro atoms. The van der Waals surface area contributed by atoms with Crippen molar-refractivity contribution in [3.8, 4) is 0 Å². The zero-order chi connectivity index (χ0) is 14.2. The van der Waals surface area contributed by atoms with Gasteiger partial charge in [-0.25, -0.2) is 4.98 Å². The minimum absolute atomic E-state index is 0.360. The van der Waals surface area contributed by atoms with Gasteiger partial charge in [-0.3, -0.25) is 0 Å². The van der Waals surface area contributed by atoms with Crippen molar-refractivity contribution in [2.75, 3.05) is 11.4 Å². The molecule has 1 atom stereocenters. The van der Waals surface area contributed by atoms with Crippen LogP contribution in [0.4, 0.5) is 10.8 Å². The molecule has 1 aromatic heterocycles. The van der Waals surface area contributed by atoms with Gasteiger partial charge in [0.2, 0.25) is 0 Å². The summed E-state index contributed by atoms with van der Waals surface area (Å²) in [6, 6.07) is 8.67. The molecule has 2 aromatic rings. The average molecular weight is 300 g/mol. The van der Waals surface area contributed by atoms with Crippen molar-refractivity contribution in [2.45, 2.75) is 44.6 Å². The number of fused-ring (bicyclic) bond motifs is 2. The van der Waals surface area contributed by atoms with E-state index < -0.39 is 0 Å². The van der Waals surface area contributed by atoms with Crippen LogP contribution >= 0.6 is 11.3 Å². The fraction of sp³-hybridized carbons (Fsp3) is 0.471. The van der Waals surface area contributed by atoms with E-state index in [4.69, 9.17) is 4.98 Å². The number of hydrogen-bond acceptors (Lipinski definition) is 4. The Morgan fingerprint density at radius 2 is 2.05 bits per heavy atom. The van der Waals surface area contributed by atoms with E-state index >= 15 is 0 Å². The van der Waals surface area contributed by atoms with Crippen LogP contribution in [-0.2, 0) is 12.8 Å². The lowest BCUT2D eigenvalue weighted by molar-refractivity contribution is 0.153. The number of aliphatic hydroxyl groups is 1. The molecule has 4 rings (SSSR count). The average Bonchev–Trinajstić information content (AvgIpc) is 2.82. The maximum absolute atomic E-state index is 10.1. The lowest BCUT2D eigenvalue weighted by Gasteiger charge is -2.21. The second kappa shape index (κ2) is 5.43. The zero-order valence-corrected chi connectivity index (χ0v) is 12.9. The molecule has 1 aliphatic heterocycles. The maximum Gasteiger partial charge on any atom is 0.190 e. The van der Waals surface area contributed by atoms with Gasteiger partial charge in [-0.15, -0.1) is 11.3 Å². The molecule has 2 aliphatic rings. The number of anilines is 2. The first-order valence-corrected chi connectivity index (χ1v) is 8.67. The number of hydrogen-bond donors (Lipinski definition) is 1. The molecule has 1 unspecified atom stereocenters. The highest BCUT2D eigenvalue weighted by Gasteiger charge is 2.26. The first-order valence-electron chi connectivity index (χ1n) is 7.86. The van der Waals surface area contributed by atoms with Gasteiger partial charge in [-0.05, 0) is 50.2 Å². The lowest BCUT2D eigenvalue weighted by atomic mass is 10.0.